The van der Waals surface area contributed by atoms with Gasteiger partial charge in [-0.1, -0.05) is 19.3 Å². The van der Waals surface area contributed by atoms with Crippen molar-refractivity contribution in [1.82, 2.24) is 15.1 Å². The molecule has 1 aliphatic heterocycles. The molecule has 0 aromatic carbocycles. The Labute approximate surface area is 139 Å². The number of hydrogen-bond acceptors (Lipinski definition) is 5. The van der Waals surface area contributed by atoms with E-state index >= 15 is 0 Å². The second-order valence-corrected chi connectivity index (χ2v) is 7.17. The maximum Gasteiger partial charge on any atom is 0.238 e. The molecule has 1 heterocycles. The lowest BCUT2D eigenvalue weighted by Crippen LogP contribution is -2.58. The minimum atomic E-state index is -0.654. The maximum absolute atomic E-state index is 12.6. The van der Waals surface area contributed by atoms with Gasteiger partial charge in [-0.05, 0) is 33.9 Å². The molecule has 2 aliphatic rings. The lowest BCUT2D eigenvalue weighted by molar-refractivity contribution is -0.131. The van der Waals surface area contributed by atoms with Crippen LogP contribution in [0.2, 0.25) is 0 Å². The van der Waals surface area contributed by atoms with Gasteiger partial charge in [0.05, 0.1) is 24.8 Å². The Bertz CT molecular complexity index is 440. The fourth-order valence-corrected chi connectivity index (χ4v) is 3.54. The monoisotopic (exact) mass is 322 g/mol. The molecule has 0 aromatic heterocycles. The Kier molecular flexibility index (Phi) is 6.40. The first-order valence-corrected chi connectivity index (χ1v) is 8.69. The van der Waals surface area contributed by atoms with Crippen LogP contribution in [0.5, 0.6) is 0 Å². The summed E-state index contributed by atoms with van der Waals surface area (Å²) in [5, 5.41) is 12.6. The minimum Gasteiger partial charge on any atom is -0.374 e. The Hall–Kier alpha value is -1.16. The van der Waals surface area contributed by atoms with Gasteiger partial charge in [0, 0.05) is 19.6 Å². The second-order valence-electron chi connectivity index (χ2n) is 7.17. The summed E-state index contributed by atoms with van der Waals surface area (Å²) >= 11 is 0. The van der Waals surface area contributed by atoms with E-state index in [2.05, 4.69) is 21.2 Å². The third-order valence-corrected chi connectivity index (χ3v) is 4.95. The van der Waals surface area contributed by atoms with Gasteiger partial charge in [0.25, 0.3) is 0 Å². The molecular formula is C17H30N4O2. The van der Waals surface area contributed by atoms with Crippen LogP contribution in [0.15, 0.2) is 0 Å². The Morgan fingerprint density at radius 2 is 2.13 bits per heavy atom. The topological polar surface area (TPSA) is 68.6 Å². The number of ether oxygens (including phenoxy) is 1. The van der Waals surface area contributed by atoms with Gasteiger partial charge in [0.2, 0.25) is 5.91 Å². The predicted octanol–water partition coefficient (Wildman–Crippen LogP) is 0.980. The molecule has 6 nitrogen and oxygen atoms in total. The molecule has 23 heavy (non-hydrogen) atoms. The summed E-state index contributed by atoms with van der Waals surface area (Å²) < 4.78 is 5.77. The summed E-state index contributed by atoms with van der Waals surface area (Å²) in [5.74, 6) is -0.0287. The summed E-state index contributed by atoms with van der Waals surface area (Å²) in [6.45, 7) is 4.96. The fourth-order valence-electron chi connectivity index (χ4n) is 3.54. The van der Waals surface area contributed by atoms with Crippen molar-refractivity contribution in [1.29, 1.82) is 5.26 Å². The van der Waals surface area contributed by atoms with Crippen LogP contribution < -0.4 is 5.32 Å². The van der Waals surface area contributed by atoms with E-state index in [0.29, 0.717) is 6.61 Å². The zero-order valence-corrected chi connectivity index (χ0v) is 14.7. The van der Waals surface area contributed by atoms with Crippen LogP contribution in [0.3, 0.4) is 0 Å². The number of nitrogens with one attached hydrogen (secondary N) is 1. The van der Waals surface area contributed by atoms with Crippen LogP contribution in [0.1, 0.15) is 39.0 Å². The first-order chi connectivity index (χ1) is 11.0. The summed E-state index contributed by atoms with van der Waals surface area (Å²) in [5.41, 5.74) is -0.654. The second kappa shape index (κ2) is 8.09. The van der Waals surface area contributed by atoms with Crippen LogP contribution in [-0.2, 0) is 9.53 Å². The summed E-state index contributed by atoms with van der Waals surface area (Å²) in [6.07, 6.45) is 4.87. The van der Waals surface area contributed by atoms with Gasteiger partial charge in [0.15, 0.2) is 0 Å². The SMILES string of the molecule is C[C@H](C(=O)NC1(C#N)CCCCC1)N1CCO[C@@H](CN(C)C)C1. The number of nitriles is 1. The molecule has 0 bridgehead atoms. The van der Waals surface area contributed by atoms with Crippen molar-refractivity contribution in [2.75, 3.05) is 40.3 Å². The predicted molar refractivity (Wildman–Crippen MR) is 88.9 cm³/mol. The van der Waals surface area contributed by atoms with Crippen molar-refractivity contribution < 1.29 is 9.53 Å². The zero-order chi connectivity index (χ0) is 16.9. The summed E-state index contributed by atoms with van der Waals surface area (Å²) in [7, 11) is 4.05. The molecule has 1 saturated carbocycles. The molecule has 1 amide bonds. The smallest absolute Gasteiger partial charge is 0.238 e. The maximum atomic E-state index is 12.6. The van der Waals surface area contributed by atoms with Gasteiger partial charge in [-0.15, -0.1) is 0 Å². The van der Waals surface area contributed by atoms with E-state index in [1.807, 2.05) is 21.0 Å². The molecule has 130 valence electrons. The van der Waals surface area contributed by atoms with Crippen LogP contribution in [0, 0.1) is 11.3 Å². The van der Waals surface area contributed by atoms with Crippen molar-refractivity contribution in [3.8, 4) is 6.07 Å². The average Bonchev–Trinajstić information content (AvgIpc) is 2.54. The lowest BCUT2D eigenvalue weighted by Gasteiger charge is -2.39. The van der Waals surface area contributed by atoms with E-state index in [1.54, 1.807) is 0 Å². The normalized spacial score (nSPS) is 26.5. The molecule has 0 unspecified atom stereocenters. The van der Waals surface area contributed by atoms with Gasteiger partial charge in [-0.25, -0.2) is 0 Å². The molecule has 0 aromatic rings. The van der Waals surface area contributed by atoms with Crippen molar-refractivity contribution >= 4 is 5.91 Å². The number of hydrogen-bond donors (Lipinski definition) is 1. The first-order valence-electron chi connectivity index (χ1n) is 8.69. The zero-order valence-electron chi connectivity index (χ0n) is 14.7. The third kappa shape index (κ3) is 4.90. The van der Waals surface area contributed by atoms with Crippen LogP contribution in [0.25, 0.3) is 0 Å². The average molecular weight is 322 g/mol. The van der Waals surface area contributed by atoms with Crippen molar-refractivity contribution in [2.24, 2.45) is 0 Å². The van der Waals surface area contributed by atoms with Crippen LogP contribution in [-0.4, -0.2) is 73.7 Å². The van der Waals surface area contributed by atoms with Crippen molar-refractivity contribution in [2.45, 2.75) is 56.7 Å². The van der Waals surface area contributed by atoms with Crippen molar-refractivity contribution in [3.05, 3.63) is 0 Å². The highest BCUT2D eigenvalue weighted by Crippen LogP contribution is 2.27. The summed E-state index contributed by atoms with van der Waals surface area (Å²) in [4.78, 5) is 16.9. The molecule has 1 saturated heterocycles. The first kappa shape index (κ1) is 18.2. The molecule has 0 radical (unpaired) electrons. The molecule has 2 fully saturated rings. The van der Waals surface area contributed by atoms with E-state index in [1.165, 1.54) is 0 Å². The Morgan fingerprint density at radius 3 is 2.74 bits per heavy atom. The number of likely N-dealkylation sites (N-methyl/N-ethyl adjacent to an activating group) is 1. The lowest BCUT2D eigenvalue weighted by atomic mass is 9.82. The quantitative estimate of drug-likeness (QED) is 0.817. The molecule has 2 rings (SSSR count). The standard InChI is InChI=1S/C17H30N4O2/c1-14(21-9-10-23-15(12-21)11-20(2)3)16(22)19-17(13-18)7-5-4-6-8-17/h14-15H,4-12H2,1-3H3,(H,19,22)/t14-,15+/m1/s1. The van der Waals surface area contributed by atoms with Gasteiger partial charge in [-0.3, -0.25) is 9.69 Å². The van der Waals surface area contributed by atoms with Gasteiger partial charge in [-0.2, -0.15) is 5.26 Å². The molecular weight excluding hydrogens is 292 g/mol. The number of rotatable bonds is 5. The van der Waals surface area contributed by atoms with E-state index in [0.717, 1.165) is 51.7 Å². The van der Waals surface area contributed by atoms with Crippen molar-refractivity contribution in [3.63, 3.8) is 0 Å². The number of carbonyl (C=O) groups is 1. The van der Waals surface area contributed by atoms with Gasteiger partial charge >= 0.3 is 0 Å². The number of morpholine rings is 1. The highest BCUT2D eigenvalue weighted by Gasteiger charge is 2.36. The number of amides is 1. The highest BCUT2D eigenvalue weighted by molar-refractivity contribution is 5.82. The van der Waals surface area contributed by atoms with E-state index in [4.69, 9.17) is 4.74 Å². The molecule has 2 atom stereocenters. The van der Waals surface area contributed by atoms with E-state index in [9.17, 15) is 10.1 Å². The largest absolute Gasteiger partial charge is 0.374 e. The minimum absolute atomic E-state index is 0.0287. The van der Waals surface area contributed by atoms with Crippen LogP contribution >= 0.6 is 0 Å². The van der Waals surface area contributed by atoms with Gasteiger partial charge < -0.3 is 15.0 Å². The van der Waals surface area contributed by atoms with Crippen LogP contribution in [0.4, 0.5) is 0 Å². The molecule has 1 N–H and O–H groups in total. The fraction of sp³-hybridized carbons (Fsp3) is 0.882. The number of nitrogens with zero attached hydrogens (tertiary/aromatic N) is 3. The molecule has 1 aliphatic carbocycles. The summed E-state index contributed by atoms with van der Waals surface area (Å²) in [6, 6.07) is 2.13. The molecule has 0 spiro atoms. The molecule has 6 heteroatoms. The third-order valence-electron chi connectivity index (χ3n) is 4.95. The van der Waals surface area contributed by atoms with E-state index < -0.39 is 5.54 Å². The Balaban J connectivity index is 1.92. The van der Waals surface area contributed by atoms with E-state index in [-0.39, 0.29) is 18.1 Å². The Morgan fingerprint density at radius 1 is 1.43 bits per heavy atom. The highest BCUT2D eigenvalue weighted by atomic mass is 16.5. The van der Waals surface area contributed by atoms with Gasteiger partial charge in [0.1, 0.15) is 5.54 Å². The number of carbonyl (C=O) groups excluding carboxylic acids is 1.